The summed E-state index contributed by atoms with van der Waals surface area (Å²) in [5.74, 6) is 0.256. The smallest absolute Gasteiger partial charge is 0.325 e. The van der Waals surface area contributed by atoms with Crippen molar-refractivity contribution in [2.75, 3.05) is 44.7 Å². The van der Waals surface area contributed by atoms with Gasteiger partial charge in [-0.15, -0.1) is 0 Å². The van der Waals surface area contributed by atoms with Crippen LogP contribution in [0.2, 0.25) is 0 Å². The van der Waals surface area contributed by atoms with Crippen LogP contribution in [-0.2, 0) is 9.59 Å². The summed E-state index contributed by atoms with van der Waals surface area (Å²) in [4.78, 5) is 42.0. The quantitative estimate of drug-likeness (QED) is 0.780. The number of nitrogens with zero attached hydrogens (tertiary/aromatic N) is 3. The molecule has 2 aliphatic heterocycles. The number of imide groups is 1. The molecule has 0 radical (unpaired) electrons. The fourth-order valence-electron chi connectivity index (χ4n) is 3.39. The lowest BCUT2D eigenvalue weighted by Crippen LogP contribution is -2.52. The molecule has 3 rings (SSSR count). The van der Waals surface area contributed by atoms with E-state index in [1.165, 1.54) is 0 Å². The molecule has 2 aliphatic rings. The number of piperazine rings is 1. The van der Waals surface area contributed by atoms with E-state index < -0.39 is 11.6 Å². The highest BCUT2D eigenvalue weighted by Gasteiger charge is 2.47. The van der Waals surface area contributed by atoms with Crippen molar-refractivity contribution in [1.29, 1.82) is 0 Å². The van der Waals surface area contributed by atoms with Gasteiger partial charge in [-0.1, -0.05) is 13.0 Å². The number of amides is 4. The van der Waals surface area contributed by atoms with Crippen molar-refractivity contribution in [1.82, 2.24) is 15.1 Å². The highest BCUT2D eigenvalue weighted by molar-refractivity contribution is 6.08. The number of nitrogens with one attached hydrogen (secondary N) is 1. The van der Waals surface area contributed by atoms with E-state index in [1.54, 1.807) is 18.9 Å². The fraction of sp³-hybridized carbons (Fsp3) is 0.526. The Morgan fingerprint density at radius 2 is 1.93 bits per heavy atom. The van der Waals surface area contributed by atoms with Gasteiger partial charge < -0.3 is 19.9 Å². The summed E-state index contributed by atoms with van der Waals surface area (Å²) >= 11 is 0. The van der Waals surface area contributed by atoms with E-state index in [0.29, 0.717) is 32.6 Å². The van der Waals surface area contributed by atoms with Gasteiger partial charge in [0, 0.05) is 37.9 Å². The van der Waals surface area contributed by atoms with E-state index in [-0.39, 0.29) is 18.4 Å². The Labute approximate surface area is 159 Å². The van der Waals surface area contributed by atoms with Crippen molar-refractivity contribution in [2.24, 2.45) is 0 Å². The Morgan fingerprint density at radius 3 is 2.52 bits per heavy atom. The second kappa shape index (κ2) is 7.46. The fourth-order valence-corrected chi connectivity index (χ4v) is 3.39. The zero-order valence-electron chi connectivity index (χ0n) is 16.0. The molecule has 0 bridgehead atoms. The molecule has 1 aromatic rings. The molecule has 1 N–H and O–H groups in total. The molecule has 4 amide bonds. The van der Waals surface area contributed by atoms with Gasteiger partial charge in [0.25, 0.3) is 5.91 Å². The van der Waals surface area contributed by atoms with Gasteiger partial charge in [0.05, 0.1) is 7.11 Å². The second-order valence-corrected chi connectivity index (χ2v) is 7.08. The lowest BCUT2D eigenvalue weighted by molar-refractivity contribution is -0.139. The minimum atomic E-state index is -0.914. The highest BCUT2D eigenvalue weighted by atomic mass is 16.5. The van der Waals surface area contributed by atoms with Gasteiger partial charge in [-0.2, -0.15) is 0 Å². The molecule has 0 aliphatic carbocycles. The first-order valence-electron chi connectivity index (χ1n) is 9.19. The van der Waals surface area contributed by atoms with Crippen LogP contribution >= 0.6 is 0 Å². The Kier molecular flexibility index (Phi) is 5.25. The molecule has 1 aromatic carbocycles. The first-order chi connectivity index (χ1) is 12.9. The normalized spacial score (nSPS) is 22.9. The second-order valence-electron chi connectivity index (χ2n) is 7.08. The van der Waals surface area contributed by atoms with Crippen molar-refractivity contribution in [3.05, 3.63) is 24.3 Å². The number of carbonyl (C=O) groups excluding carboxylic acids is 3. The lowest BCUT2D eigenvalue weighted by atomic mass is 9.99. The van der Waals surface area contributed by atoms with E-state index in [2.05, 4.69) is 10.2 Å². The van der Waals surface area contributed by atoms with E-state index in [9.17, 15) is 14.4 Å². The minimum Gasteiger partial charge on any atom is -0.497 e. The standard InChI is InChI=1S/C19H26N4O4/c1-4-19(2)17(25)23(18(26)20-19)13-16(24)22-10-8-21(9-11-22)14-6-5-7-15(12-14)27-3/h5-7,12H,4,8-11,13H2,1-3H3,(H,20,26)/t19-/m0/s1. The van der Waals surface area contributed by atoms with Crippen LogP contribution in [0.5, 0.6) is 5.75 Å². The number of hydrogen-bond donors (Lipinski definition) is 1. The summed E-state index contributed by atoms with van der Waals surface area (Å²) in [7, 11) is 1.63. The molecule has 8 nitrogen and oxygen atoms in total. The van der Waals surface area contributed by atoms with E-state index in [0.717, 1.165) is 16.3 Å². The lowest BCUT2D eigenvalue weighted by Gasteiger charge is -2.36. The molecule has 0 saturated carbocycles. The van der Waals surface area contributed by atoms with Gasteiger partial charge in [0.1, 0.15) is 17.8 Å². The van der Waals surface area contributed by atoms with Gasteiger partial charge in [0.15, 0.2) is 0 Å². The molecule has 0 spiro atoms. The number of anilines is 1. The third-order valence-electron chi connectivity index (χ3n) is 5.40. The highest BCUT2D eigenvalue weighted by Crippen LogP contribution is 2.23. The van der Waals surface area contributed by atoms with Gasteiger partial charge in [0.2, 0.25) is 5.91 Å². The SMILES string of the molecule is CC[C@]1(C)NC(=O)N(CC(=O)N2CCN(c3cccc(OC)c3)CC2)C1=O. The predicted molar refractivity (Wildman–Crippen MR) is 101 cm³/mol. The summed E-state index contributed by atoms with van der Waals surface area (Å²) < 4.78 is 5.26. The molecule has 0 unspecified atom stereocenters. The third kappa shape index (κ3) is 3.70. The van der Waals surface area contributed by atoms with Crippen LogP contribution in [0.3, 0.4) is 0 Å². The monoisotopic (exact) mass is 374 g/mol. The van der Waals surface area contributed by atoms with Crippen LogP contribution in [0.1, 0.15) is 20.3 Å². The van der Waals surface area contributed by atoms with Crippen LogP contribution in [0.15, 0.2) is 24.3 Å². The molecule has 2 heterocycles. The molecular weight excluding hydrogens is 348 g/mol. The maximum absolute atomic E-state index is 12.6. The van der Waals surface area contributed by atoms with E-state index in [4.69, 9.17) is 4.74 Å². The number of methoxy groups -OCH3 is 1. The number of carbonyl (C=O) groups is 3. The minimum absolute atomic E-state index is 0.204. The Bertz CT molecular complexity index is 745. The number of hydrogen-bond acceptors (Lipinski definition) is 5. The Hall–Kier alpha value is -2.77. The van der Waals surface area contributed by atoms with Crippen LogP contribution in [-0.4, -0.2) is 73.0 Å². The van der Waals surface area contributed by atoms with Gasteiger partial charge >= 0.3 is 6.03 Å². The zero-order chi connectivity index (χ0) is 19.6. The number of rotatable bonds is 5. The first-order valence-corrected chi connectivity index (χ1v) is 9.19. The van der Waals surface area contributed by atoms with Gasteiger partial charge in [-0.05, 0) is 25.5 Å². The maximum atomic E-state index is 12.6. The summed E-state index contributed by atoms with van der Waals surface area (Å²) in [6, 6.07) is 7.32. The number of urea groups is 1. The van der Waals surface area contributed by atoms with Crippen molar-refractivity contribution in [2.45, 2.75) is 25.8 Å². The third-order valence-corrected chi connectivity index (χ3v) is 5.40. The average molecular weight is 374 g/mol. The number of ether oxygens (including phenoxy) is 1. The van der Waals surface area contributed by atoms with Crippen LogP contribution < -0.4 is 15.0 Å². The molecule has 27 heavy (non-hydrogen) atoms. The molecule has 146 valence electrons. The summed E-state index contributed by atoms with van der Waals surface area (Å²) in [5.41, 5.74) is 0.136. The first kappa shape index (κ1) is 19.0. The van der Waals surface area contributed by atoms with Crippen LogP contribution in [0.25, 0.3) is 0 Å². The molecule has 0 aromatic heterocycles. The molecular formula is C19H26N4O4. The molecule has 1 atom stereocenters. The van der Waals surface area contributed by atoms with Crippen molar-refractivity contribution in [3.63, 3.8) is 0 Å². The molecule has 2 saturated heterocycles. The van der Waals surface area contributed by atoms with E-state index in [1.807, 2.05) is 31.2 Å². The zero-order valence-corrected chi connectivity index (χ0v) is 16.0. The molecule has 2 fully saturated rings. The van der Waals surface area contributed by atoms with Crippen molar-refractivity contribution in [3.8, 4) is 5.75 Å². The van der Waals surface area contributed by atoms with Crippen LogP contribution in [0, 0.1) is 0 Å². The predicted octanol–water partition coefficient (Wildman–Crippen LogP) is 1.06. The summed E-state index contributed by atoms with van der Waals surface area (Å²) in [6.45, 7) is 5.78. The topological polar surface area (TPSA) is 82.2 Å². The van der Waals surface area contributed by atoms with Crippen molar-refractivity contribution < 1.29 is 19.1 Å². The molecule has 8 heteroatoms. The summed E-state index contributed by atoms with van der Waals surface area (Å²) in [6.07, 6.45) is 0.488. The largest absolute Gasteiger partial charge is 0.497 e. The van der Waals surface area contributed by atoms with Crippen molar-refractivity contribution >= 4 is 23.5 Å². The Balaban J connectivity index is 1.57. The number of benzene rings is 1. The maximum Gasteiger partial charge on any atom is 0.325 e. The summed E-state index contributed by atoms with van der Waals surface area (Å²) in [5, 5.41) is 2.67. The van der Waals surface area contributed by atoms with Gasteiger partial charge in [-0.3, -0.25) is 14.5 Å². The average Bonchev–Trinajstić information content (AvgIpc) is 2.91. The van der Waals surface area contributed by atoms with E-state index >= 15 is 0 Å². The van der Waals surface area contributed by atoms with Crippen LogP contribution in [0.4, 0.5) is 10.5 Å². The van der Waals surface area contributed by atoms with Gasteiger partial charge in [-0.25, -0.2) is 4.79 Å². The Morgan fingerprint density at radius 1 is 1.22 bits per heavy atom.